The summed E-state index contributed by atoms with van der Waals surface area (Å²) in [7, 11) is 0. The summed E-state index contributed by atoms with van der Waals surface area (Å²) in [5, 5.41) is 6.50. The molecule has 1 aromatic carbocycles. The number of hydrogen-bond acceptors (Lipinski definition) is 5. The van der Waals surface area contributed by atoms with Gasteiger partial charge in [-0.15, -0.1) is 0 Å². The normalized spacial score (nSPS) is 14.4. The van der Waals surface area contributed by atoms with Crippen LogP contribution in [0.1, 0.15) is 16.7 Å². The first-order valence-corrected chi connectivity index (χ1v) is 7.27. The van der Waals surface area contributed by atoms with E-state index in [0.29, 0.717) is 0 Å². The molecule has 2 N–H and O–H groups in total. The second kappa shape index (κ2) is 6.80. The number of rotatable bonds is 4. The van der Waals surface area contributed by atoms with Gasteiger partial charge in [0.05, 0.1) is 5.56 Å². The van der Waals surface area contributed by atoms with E-state index in [9.17, 15) is 18.0 Å². The van der Waals surface area contributed by atoms with Crippen molar-refractivity contribution in [1.82, 2.24) is 10.4 Å². The number of aromatic nitrogens is 1. The quantitative estimate of drug-likeness (QED) is 0.888. The van der Waals surface area contributed by atoms with E-state index in [4.69, 9.17) is 4.74 Å². The molecule has 0 radical (unpaired) electrons. The van der Waals surface area contributed by atoms with Crippen molar-refractivity contribution < 1.29 is 22.7 Å². The highest BCUT2D eigenvalue weighted by Gasteiger charge is 2.34. The molecule has 1 aliphatic rings. The molecule has 0 atom stereocenters. The molecule has 0 spiro atoms. The second-order valence-electron chi connectivity index (χ2n) is 5.22. The van der Waals surface area contributed by atoms with Crippen LogP contribution < -0.4 is 10.7 Å². The van der Waals surface area contributed by atoms with Crippen molar-refractivity contribution in [2.75, 3.05) is 11.9 Å². The predicted molar refractivity (Wildman–Crippen MR) is 84.0 cm³/mol. The van der Waals surface area contributed by atoms with Crippen LogP contribution in [0.3, 0.4) is 0 Å². The van der Waals surface area contributed by atoms with Crippen LogP contribution in [-0.4, -0.2) is 23.4 Å². The Morgan fingerprint density at radius 2 is 2.12 bits per heavy atom. The van der Waals surface area contributed by atoms with Gasteiger partial charge in [0.25, 0.3) is 0 Å². The average molecular weight is 350 g/mol. The standard InChI is InChI=1S/C16H13F3N4O2/c17-16(18,19)12-6-11(14-9-25-15(24)23-22-14)3-4-13(12)21-8-10-2-1-5-20-7-10/h1-7,21H,8-9H2,(H,23,24). The van der Waals surface area contributed by atoms with Gasteiger partial charge in [0.2, 0.25) is 0 Å². The molecule has 1 amide bonds. The molecule has 9 heteroatoms. The number of nitrogens with one attached hydrogen (secondary N) is 2. The monoisotopic (exact) mass is 350 g/mol. The zero-order valence-corrected chi connectivity index (χ0v) is 12.8. The van der Waals surface area contributed by atoms with Gasteiger partial charge in [-0.25, -0.2) is 10.2 Å². The molecular weight excluding hydrogens is 337 g/mol. The zero-order chi connectivity index (χ0) is 17.9. The molecule has 3 rings (SSSR count). The van der Waals surface area contributed by atoms with Crippen molar-refractivity contribution in [3.8, 4) is 0 Å². The number of alkyl halides is 3. The van der Waals surface area contributed by atoms with Gasteiger partial charge in [-0.05, 0) is 23.8 Å². The summed E-state index contributed by atoms with van der Waals surface area (Å²) in [4.78, 5) is 14.8. The molecule has 0 unspecified atom stereocenters. The van der Waals surface area contributed by atoms with E-state index in [-0.39, 0.29) is 30.1 Å². The van der Waals surface area contributed by atoms with Gasteiger partial charge in [-0.3, -0.25) is 4.98 Å². The van der Waals surface area contributed by atoms with Crippen LogP contribution >= 0.6 is 0 Å². The number of cyclic esters (lactones) is 1. The summed E-state index contributed by atoms with van der Waals surface area (Å²) < 4.78 is 44.9. The minimum atomic E-state index is -4.55. The third-order valence-corrected chi connectivity index (χ3v) is 3.49. The van der Waals surface area contributed by atoms with Gasteiger partial charge in [-0.1, -0.05) is 12.1 Å². The average Bonchev–Trinajstić information content (AvgIpc) is 2.61. The summed E-state index contributed by atoms with van der Waals surface area (Å²) in [6, 6.07) is 7.26. The molecule has 2 heterocycles. The molecule has 2 aromatic rings. The number of nitrogens with zero attached hydrogens (tertiary/aromatic N) is 2. The lowest BCUT2D eigenvalue weighted by Crippen LogP contribution is -2.30. The summed E-state index contributed by atoms with van der Waals surface area (Å²) in [5.74, 6) is 0. The number of carbonyl (C=O) groups is 1. The molecule has 0 fully saturated rings. The van der Waals surface area contributed by atoms with Gasteiger partial charge in [0, 0.05) is 30.2 Å². The van der Waals surface area contributed by atoms with Crippen molar-refractivity contribution in [3.05, 3.63) is 59.4 Å². The maximum atomic E-state index is 13.4. The highest BCUT2D eigenvalue weighted by Crippen LogP contribution is 2.36. The summed E-state index contributed by atoms with van der Waals surface area (Å²) >= 11 is 0. The topological polar surface area (TPSA) is 75.6 Å². The smallest absolute Gasteiger partial charge is 0.428 e. The largest absolute Gasteiger partial charge is 0.442 e. The number of pyridine rings is 1. The maximum absolute atomic E-state index is 13.4. The minimum absolute atomic E-state index is 0.0542. The fraction of sp³-hybridized carbons (Fsp3) is 0.188. The Kier molecular flexibility index (Phi) is 4.55. The van der Waals surface area contributed by atoms with Crippen molar-refractivity contribution in [1.29, 1.82) is 0 Å². The number of anilines is 1. The fourth-order valence-corrected chi connectivity index (χ4v) is 2.27. The van der Waals surface area contributed by atoms with Gasteiger partial charge < -0.3 is 10.1 Å². The summed E-state index contributed by atoms with van der Waals surface area (Å²) in [5.41, 5.74) is 2.38. The molecule has 6 nitrogen and oxygen atoms in total. The van der Waals surface area contributed by atoms with E-state index in [1.807, 2.05) is 0 Å². The van der Waals surface area contributed by atoms with E-state index >= 15 is 0 Å². The first kappa shape index (κ1) is 16.7. The number of hydrogen-bond donors (Lipinski definition) is 2. The highest BCUT2D eigenvalue weighted by molar-refractivity contribution is 6.04. The zero-order valence-electron chi connectivity index (χ0n) is 12.8. The minimum Gasteiger partial charge on any atom is -0.442 e. The van der Waals surface area contributed by atoms with Crippen molar-refractivity contribution >= 4 is 17.5 Å². The number of carbonyl (C=O) groups excluding carboxylic acids is 1. The molecule has 130 valence electrons. The first-order chi connectivity index (χ1) is 11.9. The fourth-order valence-electron chi connectivity index (χ4n) is 2.27. The van der Waals surface area contributed by atoms with Crippen LogP contribution in [-0.2, 0) is 17.5 Å². The number of ether oxygens (including phenoxy) is 1. The molecule has 0 saturated heterocycles. The van der Waals surface area contributed by atoms with E-state index in [2.05, 4.69) is 20.8 Å². The SMILES string of the molecule is O=C1NN=C(c2ccc(NCc3cccnc3)c(C(F)(F)F)c2)CO1. The molecule has 1 aromatic heterocycles. The summed E-state index contributed by atoms with van der Waals surface area (Å²) in [6.07, 6.45) is -2.13. The number of benzene rings is 1. The third-order valence-electron chi connectivity index (χ3n) is 3.49. The van der Waals surface area contributed by atoms with Crippen molar-refractivity contribution in [3.63, 3.8) is 0 Å². The lowest BCUT2D eigenvalue weighted by molar-refractivity contribution is -0.137. The maximum Gasteiger partial charge on any atom is 0.428 e. The molecule has 0 aliphatic carbocycles. The van der Waals surface area contributed by atoms with E-state index < -0.39 is 17.8 Å². The Morgan fingerprint density at radius 1 is 1.28 bits per heavy atom. The van der Waals surface area contributed by atoms with Crippen LogP contribution in [0.5, 0.6) is 0 Å². The van der Waals surface area contributed by atoms with Gasteiger partial charge in [0.1, 0.15) is 12.3 Å². The molecule has 25 heavy (non-hydrogen) atoms. The van der Waals surface area contributed by atoms with Crippen LogP contribution in [0, 0.1) is 0 Å². The van der Waals surface area contributed by atoms with Crippen LogP contribution in [0.2, 0.25) is 0 Å². The summed E-state index contributed by atoms with van der Waals surface area (Å²) in [6.45, 7) is 0.0158. The van der Waals surface area contributed by atoms with E-state index in [0.717, 1.165) is 11.6 Å². The van der Waals surface area contributed by atoms with Crippen LogP contribution in [0.15, 0.2) is 47.8 Å². The van der Waals surface area contributed by atoms with E-state index in [1.54, 1.807) is 24.5 Å². The third kappa shape index (κ3) is 4.06. The Hall–Kier alpha value is -3.10. The highest BCUT2D eigenvalue weighted by atomic mass is 19.4. The predicted octanol–water partition coefficient (Wildman–Crippen LogP) is 3.16. The van der Waals surface area contributed by atoms with Gasteiger partial charge in [0.15, 0.2) is 0 Å². The van der Waals surface area contributed by atoms with Gasteiger partial charge in [-0.2, -0.15) is 18.3 Å². The van der Waals surface area contributed by atoms with Crippen LogP contribution in [0.4, 0.5) is 23.7 Å². The Labute approximate surface area is 140 Å². The molecule has 0 bridgehead atoms. The molecular formula is C16H13F3N4O2. The number of hydrazone groups is 1. The van der Waals surface area contributed by atoms with Gasteiger partial charge >= 0.3 is 12.3 Å². The second-order valence-corrected chi connectivity index (χ2v) is 5.22. The van der Waals surface area contributed by atoms with E-state index in [1.165, 1.54) is 12.1 Å². The lowest BCUT2D eigenvalue weighted by Gasteiger charge is -2.18. The van der Waals surface area contributed by atoms with Crippen molar-refractivity contribution in [2.45, 2.75) is 12.7 Å². The Bertz CT molecular complexity index is 807. The number of halogens is 3. The first-order valence-electron chi connectivity index (χ1n) is 7.27. The Balaban J connectivity index is 1.87. The lowest BCUT2D eigenvalue weighted by atomic mass is 10.0. The van der Waals surface area contributed by atoms with Crippen molar-refractivity contribution in [2.24, 2.45) is 5.10 Å². The molecule has 0 saturated carbocycles. The van der Waals surface area contributed by atoms with Crippen LogP contribution in [0.25, 0.3) is 0 Å². The number of amides is 1. The molecule has 1 aliphatic heterocycles. The Morgan fingerprint density at radius 3 is 2.76 bits per heavy atom.